The number of allylic oxidation sites excluding steroid dienone is 4. The first-order valence-electron chi connectivity index (χ1n) is 22.4. The first kappa shape index (κ1) is 57.9. The zero-order chi connectivity index (χ0) is 55.9. The molecule has 21 N–H and O–H groups in total. The molecule has 17 atom stereocenters. The number of benzene rings is 2. The Morgan fingerprint density at radius 3 is 1.17 bits per heavy atom. The third kappa shape index (κ3) is 10.1. The van der Waals surface area contributed by atoms with E-state index in [-0.39, 0.29) is 22.6 Å². The molecule has 2 aromatic carbocycles. The van der Waals surface area contributed by atoms with Crippen LogP contribution < -0.4 is 0 Å². The van der Waals surface area contributed by atoms with E-state index in [1.807, 2.05) is 0 Å². The van der Waals surface area contributed by atoms with Crippen LogP contribution in [0.5, 0.6) is 11.5 Å². The highest BCUT2D eigenvalue weighted by Gasteiger charge is 2.68. The molecule has 0 radical (unpaired) electrons. The van der Waals surface area contributed by atoms with Crippen molar-refractivity contribution >= 4 is 35.3 Å². The molecule has 0 saturated carbocycles. The van der Waals surface area contributed by atoms with E-state index < -0.39 is 191 Å². The van der Waals surface area contributed by atoms with E-state index in [2.05, 4.69) is 0 Å². The SMILES string of the molecule is O=C1C(C(C2=C(O)/C(=C(O)/C=C/c3ccc(O)cc3)C(=O)C(O)([C@@H]3O[C@H](CO)[C@@H](O)[C@H](O)[C@H]3O)C2=O)[C@H](O)[C@@H](O)[C@H](O)[C@H](O)CO)=C(O)/C(=C(O)\C=C\c2ccc(O)cc2)C(=O)C1(O)[C@@H]1O[C@H](CO)[C@@H](O)[C@H](O)[C@H]1O. The van der Waals surface area contributed by atoms with Crippen molar-refractivity contribution in [3.8, 4) is 11.5 Å². The number of aromatic hydroxyl groups is 2. The van der Waals surface area contributed by atoms with Gasteiger partial charge < -0.3 is 117 Å². The molecule has 2 fully saturated rings. The van der Waals surface area contributed by atoms with Gasteiger partial charge in [-0.15, -0.1) is 0 Å². The molecule has 0 amide bonds. The Labute approximate surface area is 421 Å². The van der Waals surface area contributed by atoms with Gasteiger partial charge in [0.1, 0.15) is 125 Å². The fourth-order valence-corrected chi connectivity index (χ4v) is 9.07. The van der Waals surface area contributed by atoms with Crippen LogP contribution in [0.4, 0.5) is 0 Å². The standard InChI is InChI=1S/C48H54O27/c49-13-22(56)30(57)36(63)35(62)27(28-33(60)25(20(54)11-5-16-1-7-18(52)8-2-16)41(68)47(72,43(28)70)45-39(66)37(64)31(58)23(14-50)74-45)29-34(61)26(21(55)12-6-17-3-9-19(53)10-4-17)42(69)48(73,44(29)71)46-40(67)38(65)32(59)24(15-51)75-46/h1-12,22-24,27,30-32,35-40,45-46,49-67,72-73H,13-15H2/b11-5+,12-6+,25-20-,26-21+/t22-,23-,24-,27?,30-,31-,32-,35+,36+,37+,38+,39-,40-,45-,46-,47?,48?/m1/s1. The number of hydrogen-bond acceptors (Lipinski definition) is 27. The van der Waals surface area contributed by atoms with Crippen molar-refractivity contribution in [2.75, 3.05) is 19.8 Å². The average Bonchev–Trinajstić information content (AvgIpc) is 3.39. The van der Waals surface area contributed by atoms with Crippen molar-refractivity contribution in [1.29, 1.82) is 0 Å². The number of Topliss-reactive ketones (excluding diaryl/α,β-unsaturated/α-hetero) is 4. The molecule has 27 heteroatoms. The highest BCUT2D eigenvalue weighted by Crippen LogP contribution is 2.48. The molecular formula is C48H54O27. The number of carbonyl (C=O) groups is 4. The summed E-state index contributed by atoms with van der Waals surface area (Å²) in [6.07, 6.45) is -34.3. The summed E-state index contributed by atoms with van der Waals surface area (Å²) in [4.78, 5) is 60.1. The number of rotatable bonds is 15. The smallest absolute Gasteiger partial charge is 0.219 e. The van der Waals surface area contributed by atoms with Crippen molar-refractivity contribution in [2.45, 2.75) is 96.7 Å². The van der Waals surface area contributed by atoms with Gasteiger partial charge in [-0.25, -0.2) is 0 Å². The molecule has 2 heterocycles. The van der Waals surface area contributed by atoms with E-state index in [1.54, 1.807) is 0 Å². The second-order valence-corrected chi connectivity index (χ2v) is 17.9. The van der Waals surface area contributed by atoms with E-state index in [0.29, 0.717) is 12.2 Å². The van der Waals surface area contributed by atoms with Crippen LogP contribution in [0.2, 0.25) is 0 Å². The van der Waals surface area contributed by atoms with Crippen LogP contribution in [-0.4, -0.2) is 247 Å². The van der Waals surface area contributed by atoms with Gasteiger partial charge in [0.05, 0.1) is 43.0 Å². The predicted octanol–water partition coefficient (Wildman–Crippen LogP) is -6.42. The number of ketones is 4. The van der Waals surface area contributed by atoms with E-state index in [1.165, 1.54) is 24.3 Å². The first-order chi connectivity index (χ1) is 35.2. The Morgan fingerprint density at radius 2 is 0.853 bits per heavy atom. The van der Waals surface area contributed by atoms with Gasteiger partial charge in [0.15, 0.2) is 0 Å². The maximum Gasteiger partial charge on any atom is 0.219 e. The maximum absolute atomic E-state index is 15.3. The molecule has 0 bridgehead atoms. The fourth-order valence-electron chi connectivity index (χ4n) is 9.07. The number of hydrogen-bond donors (Lipinski definition) is 21. The van der Waals surface area contributed by atoms with E-state index in [4.69, 9.17) is 9.47 Å². The van der Waals surface area contributed by atoms with Crippen LogP contribution in [-0.2, 0) is 28.7 Å². The normalized spacial score (nSPS) is 34.5. The molecule has 4 aliphatic rings. The second kappa shape index (κ2) is 22.5. The zero-order valence-electron chi connectivity index (χ0n) is 38.6. The van der Waals surface area contributed by atoms with Crippen LogP contribution >= 0.6 is 0 Å². The number of aliphatic hydroxyl groups is 19. The average molecular weight is 1060 g/mol. The lowest BCUT2D eigenvalue weighted by molar-refractivity contribution is -0.261. The van der Waals surface area contributed by atoms with E-state index >= 15 is 9.59 Å². The van der Waals surface area contributed by atoms with Gasteiger partial charge in [-0.05, 0) is 47.5 Å². The minimum atomic E-state index is -4.30. The Kier molecular flexibility index (Phi) is 17.4. The number of aliphatic hydroxyl groups excluding tert-OH is 17. The molecule has 2 saturated heterocycles. The molecule has 27 nitrogen and oxygen atoms in total. The molecule has 0 spiro atoms. The Balaban J connectivity index is 1.77. The lowest BCUT2D eigenvalue weighted by Gasteiger charge is -2.48. The van der Waals surface area contributed by atoms with Crippen LogP contribution in [0, 0.1) is 5.92 Å². The second-order valence-electron chi connectivity index (χ2n) is 17.9. The monoisotopic (exact) mass is 1060 g/mol. The Bertz CT molecular complexity index is 2530. The van der Waals surface area contributed by atoms with E-state index in [9.17, 15) is 117 Å². The van der Waals surface area contributed by atoms with Gasteiger partial charge in [0.25, 0.3) is 0 Å². The van der Waals surface area contributed by atoms with Crippen molar-refractivity contribution in [1.82, 2.24) is 0 Å². The molecular weight excluding hydrogens is 1010 g/mol. The van der Waals surface area contributed by atoms with Gasteiger partial charge in [-0.1, -0.05) is 36.4 Å². The van der Waals surface area contributed by atoms with Gasteiger partial charge >= 0.3 is 0 Å². The number of phenolic OH excluding ortho intramolecular Hbond substituents is 2. The third-order valence-corrected chi connectivity index (χ3v) is 13.3. The minimum absolute atomic E-state index is 0.0960. The van der Waals surface area contributed by atoms with Gasteiger partial charge in [-0.3, -0.25) is 19.2 Å². The number of phenols is 2. The molecule has 408 valence electrons. The summed E-state index contributed by atoms with van der Waals surface area (Å²) in [5.41, 5.74) is -15.7. The maximum atomic E-state index is 15.3. The molecule has 2 aliphatic carbocycles. The highest BCUT2D eigenvalue weighted by molar-refractivity contribution is 6.31. The van der Waals surface area contributed by atoms with Crippen LogP contribution in [0.1, 0.15) is 11.1 Å². The highest BCUT2D eigenvalue weighted by atomic mass is 16.6. The molecule has 6 rings (SSSR count). The Morgan fingerprint density at radius 1 is 0.507 bits per heavy atom. The van der Waals surface area contributed by atoms with Crippen molar-refractivity contribution in [3.63, 3.8) is 0 Å². The van der Waals surface area contributed by atoms with E-state index in [0.717, 1.165) is 36.4 Å². The van der Waals surface area contributed by atoms with Gasteiger partial charge in [0.2, 0.25) is 34.3 Å². The summed E-state index contributed by atoms with van der Waals surface area (Å²) in [7, 11) is 0. The zero-order valence-corrected chi connectivity index (χ0v) is 38.6. The molecule has 2 aromatic rings. The lowest BCUT2D eigenvalue weighted by atomic mass is 9.62. The summed E-state index contributed by atoms with van der Waals surface area (Å²) < 4.78 is 10.7. The van der Waals surface area contributed by atoms with Crippen molar-refractivity contribution in [3.05, 3.63) is 117 Å². The van der Waals surface area contributed by atoms with Crippen molar-refractivity contribution < 1.29 is 136 Å². The van der Waals surface area contributed by atoms with Crippen LogP contribution in [0.3, 0.4) is 0 Å². The third-order valence-electron chi connectivity index (χ3n) is 13.3. The number of ether oxygens (including phenoxy) is 2. The fraction of sp³-hybridized carbons (Fsp3) is 0.417. The summed E-state index contributed by atoms with van der Waals surface area (Å²) in [5.74, 6) is -20.2. The Hall–Kier alpha value is -6.32. The minimum Gasteiger partial charge on any atom is -0.508 e. The lowest BCUT2D eigenvalue weighted by Crippen LogP contribution is -2.72. The van der Waals surface area contributed by atoms with Crippen LogP contribution in [0.15, 0.2) is 106 Å². The molecule has 75 heavy (non-hydrogen) atoms. The quantitative estimate of drug-likeness (QED) is 0.0448. The molecule has 0 aromatic heterocycles. The summed E-state index contributed by atoms with van der Waals surface area (Å²) >= 11 is 0. The number of carbonyl (C=O) groups excluding carboxylic acids is 4. The molecule has 3 unspecified atom stereocenters. The summed E-state index contributed by atoms with van der Waals surface area (Å²) in [6.45, 7) is -4.07. The molecule has 2 aliphatic heterocycles. The summed E-state index contributed by atoms with van der Waals surface area (Å²) in [6, 6.07) is 9.47. The topological polar surface area (TPSA) is 512 Å². The predicted molar refractivity (Wildman–Crippen MR) is 245 cm³/mol. The first-order valence-corrected chi connectivity index (χ1v) is 22.4. The van der Waals surface area contributed by atoms with Gasteiger partial charge in [0, 0.05) is 0 Å². The van der Waals surface area contributed by atoms with Crippen LogP contribution in [0.25, 0.3) is 12.2 Å². The largest absolute Gasteiger partial charge is 0.508 e. The van der Waals surface area contributed by atoms with Gasteiger partial charge in [-0.2, -0.15) is 0 Å². The summed E-state index contributed by atoms with van der Waals surface area (Å²) in [5, 5.41) is 233. The van der Waals surface area contributed by atoms with Crippen molar-refractivity contribution in [2.24, 2.45) is 5.92 Å².